The highest BCUT2D eigenvalue weighted by atomic mass is 16.6. The molecule has 1 saturated carbocycles. The van der Waals surface area contributed by atoms with Gasteiger partial charge in [-0.15, -0.1) is 0 Å². The van der Waals surface area contributed by atoms with E-state index in [1.54, 1.807) is 18.2 Å². The molecule has 1 heterocycles. The quantitative estimate of drug-likeness (QED) is 0.314. The van der Waals surface area contributed by atoms with Crippen molar-refractivity contribution in [1.29, 1.82) is 0 Å². The lowest BCUT2D eigenvalue weighted by Gasteiger charge is -2.38. The lowest BCUT2D eigenvalue weighted by Crippen LogP contribution is -2.38. The minimum atomic E-state index is -0.741. The van der Waals surface area contributed by atoms with Gasteiger partial charge in [0.2, 0.25) is 17.7 Å². The Bertz CT molecular complexity index is 1130. The van der Waals surface area contributed by atoms with Crippen LogP contribution >= 0.6 is 0 Å². The summed E-state index contributed by atoms with van der Waals surface area (Å²) in [7, 11) is 0. The summed E-state index contributed by atoms with van der Waals surface area (Å²) in [5, 5.41) is 13.7. The Morgan fingerprint density at radius 1 is 1.00 bits per heavy atom. The van der Waals surface area contributed by atoms with Crippen LogP contribution in [0.2, 0.25) is 0 Å². The summed E-state index contributed by atoms with van der Waals surface area (Å²) in [6.07, 6.45) is 5.80. The molecular weight excluding hydrogens is 422 g/mol. The van der Waals surface area contributed by atoms with E-state index in [0.717, 1.165) is 12.8 Å². The lowest BCUT2D eigenvalue weighted by atomic mass is 9.63. The van der Waals surface area contributed by atoms with Crippen molar-refractivity contribution in [3.05, 3.63) is 82.4 Å². The fraction of sp³-hybridized carbons (Fsp3) is 0.320. The average molecular weight is 445 g/mol. The number of amides is 3. The van der Waals surface area contributed by atoms with Crippen LogP contribution in [0, 0.1) is 33.8 Å². The number of hydrogen-bond acceptors (Lipinski definition) is 5. The lowest BCUT2D eigenvalue weighted by molar-refractivity contribution is -0.384. The smallest absolute Gasteiger partial charge is 0.271 e. The molecular formula is C25H23N3O5. The first-order chi connectivity index (χ1) is 15.9. The van der Waals surface area contributed by atoms with Gasteiger partial charge in [-0.2, -0.15) is 0 Å². The van der Waals surface area contributed by atoms with E-state index in [0.29, 0.717) is 5.56 Å². The van der Waals surface area contributed by atoms with Gasteiger partial charge in [0.1, 0.15) is 0 Å². The second kappa shape index (κ2) is 8.27. The maximum Gasteiger partial charge on any atom is 0.271 e. The maximum absolute atomic E-state index is 13.5. The van der Waals surface area contributed by atoms with E-state index in [-0.39, 0.29) is 53.3 Å². The van der Waals surface area contributed by atoms with E-state index in [1.807, 2.05) is 18.2 Å². The van der Waals surface area contributed by atoms with Crippen molar-refractivity contribution in [2.24, 2.45) is 23.7 Å². The summed E-state index contributed by atoms with van der Waals surface area (Å²) < 4.78 is 0. The first kappa shape index (κ1) is 21.1. The molecule has 2 aromatic carbocycles. The SMILES string of the molecule is O=C(C[C@H](c1ccccc1)N1C(=O)[C@@H]2[C@@H](C1=O)[C@H]1C=C[C@H]2CC1)Nc1cccc([N+](=O)[O-])c1. The third-order valence-electron chi connectivity index (χ3n) is 7.01. The van der Waals surface area contributed by atoms with Gasteiger partial charge in [-0.05, 0) is 36.3 Å². The topological polar surface area (TPSA) is 110 Å². The van der Waals surface area contributed by atoms with Crippen molar-refractivity contribution < 1.29 is 19.3 Å². The molecule has 1 aliphatic heterocycles. The number of nitrogens with one attached hydrogen (secondary N) is 1. The number of nitro groups is 1. The number of carbonyl (C=O) groups is 3. The van der Waals surface area contributed by atoms with Crippen LogP contribution in [-0.2, 0) is 14.4 Å². The Morgan fingerprint density at radius 3 is 2.21 bits per heavy atom. The van der Waals surface area contributed by atoms with Crippen LogP contribution in [0.4, 0.5) is 11.4 Å². The highest BCUT2D eigenvalue weighted by molar-refractivity contribution is 6.07. The zero-order valence-corrected chi connectivity index (χ0v) is 17.8. The number of benzene rings is 2. The normalized spacial score (nSPS) is 26.2. The first-order valence-electron chi connectivity index (χ1n) is 11.1. The molecule has 4 aliphatic rings. The van der Waals surface area contributed by atoms with Crippen LogP contribution in [0.3, 0.4) is 0 Å². The van der Waals surface area contributed by atoms with E-state index in [2.05, 4.69) is 17.5 Å². The average Bonchev–Trinajstić information content (AvgIpc) is 3.11. The third-order valence-corrected chi connectivity index (χ3v) is 7.01. The number of likely N-dealkylation sites (tertiary alicyclic amines) is 1. The predicted molar refractivity (Wildman–Crippen MR) is 120 cm³/mol. The summed E-state index contributed by atoms with van der Waals surface area (Å²) in [5.74, 6) is -1.42. The number of non-ortho nitro benzene ring substituents is 1. The Morgan fingerprint density at radius 2 is 1.64 bits per heavy atom. The van der Waals surface area contributed by atoms with Gasteiger partial charge in [0.05, 0.1) is 29.2 Å². The zero-order valence-electron chi connectivity index (χ0n) is 17.8. The fourth-order valence-corrected chi connectivity index (χ4v) is 5.52. The van der Waals surface area contributed by atoms with Gasteiger partial charge >= 0.3 is 0 Å². The molecule has 33 heavy (non-hydrogen) atoms. The summed E-state index contributed by atoms with van der Waals surface area (Å²) in [6, 6.07) is 14.0. The number of allylic oxidation sites excluding steroid dienone is 2. The number of imide groups is 1. The molecule has 5 atom stereocenters. The van der Waals surface area contributed by atoms with Gasteiger partial charge in [-0.25, -0.2) is 0 Å². The summed E-state index contributed by atoms with van der Waals surface area (Å²) in [5.41, 5.74) is 0.854. The zero-order chi connectivity index (χ0) is 23.1. The number of anilines is 1. The molecule has 1 saturated heterocycles. The molecule has 3 amide bonds. The number of nitro benzene ring substituents is 1. The fourth-order valence-electron chi connectivity index (χ4n) is 5.52. The van der Waals surface area contributed by atoms with Crippen LogP contribution in [-0.4, -0.2) is 27.5 Å². The molecule has 0 unspecified atom stereocenters. The van der Waals surface area contributed by atoms with E-state index in [1.165, 1.54) is 23.1 Å². The molecule has 0 spiro atoms. The van der Waals surface area contributed by atoms with Crippen LogP contribution in [0.25, 0.3) is 0 Å². The van der Waals surface area contributed by atoms with E-state index in [4.69, 9.17) is 0 Å². The summed E-state index contributed by atoms with van der Waals surface area (Å²) in [4.78, 5) is 51.7. The van der Waals surface area contributed by atoms with Crippen molar-refractivity contribution in [3.63, 3.8) is 0 Å². The molecule has 3 aliphatic carbocycles. The van der Waals surface area contributed by atoms with Crippen LogP contribution < -0.4 is 5.32 Å². The van der Waals surface area contributed by atoms with E-state index in [9.17, 15) is 24.5 Å². The van der Waals surface area contributed by atoms with Gasteiger partial charge in [0.15, 0.2) is 0 Å². The van der Waals surface area contributed by atoms with Crippen molar-refractivity contribution in [2.75, 3.05) is 5.32 Å². The molecule has 0 radical (unpaired) electrons. The highest BCUT2D eigenvalue weighted by Gasteiger charge is 2.58. The second-order valence-corrected chi connectivity index (χ2v) is 8.87. The molecule has 6 rings (SSSR count). The molecule has 2 aromatic rings. The first-order valence-corrected chi connectivity index (χ1v) is 11.1. The standard InChI is InChI=1S/C25H23N3O5/c29-21(26-18-7-4-8-19(13-18)28(32)33)14-20(15-5-2-1-3-6-15)27-24(30)22-16-9-10-17(12-11-16)23(22)25(27)31/h1-10,13,16-17,20,22-23H,11-12,14H2,(H,26,29)/t16-,17-,20+,22-,23-/m0/s1. The van der Waals surface area contributed by atoms with Gasteiger partial charge in [-0.1, -0.05) is 48.6 Å². The van der Waals surface area contributed by atoms with Crippen molar-refractivity contribution in [3.8, 4) is 0 Å². The van der Waals surface area contributed by atoms with Gasteiger partial charge in [-0.3, -0.25) is 29.4 Å². The third kappa shape index (κ3) is 3.71. The maximum atomic E-state index is 13.5. The van der Waals surface area contributed by atoms with Crippen molar-refractivity contribution in [2.45, 2.75) is 25.3 Å². The molecule has 8 heteroatoms. The van der Waals surface area contributed by atoms with Gasteiger partial charge in [0, 0.05) is 17.8 Å². The Labute approximate surface area is 190 Å². The molecule has 1 N–H and O–H groups in total. The van der Waals surface area contributed by atoms with Gasteiger partial charge < -0.3 is 5.32 Å². The molecule has 0 aromatic heterocycles. The monoisotopic (exact) mass is 445 g/mol. The molecule has 8 nitrogen and oxygen atoms in total. The van der Waals surface area contributed by atoms with Crippen molar-refractivity contribution >= 4 is 29.1 Å². The number of nitrogens with zero attached hydrogens (tertiary/aromatic N) is 2. The molecule has 2 fully saturated rings. The number of fused-ring (bicyclic) bond motifs is 1. The number of carbonyl (C=O) groups excluding carboxylic acids is 3. The van der Waals surface area contributed by atoms with Crippen molar-refractivity contribution in [1.82, 2.24) is 4.90 Å². The largest absolute Gasteiger partial charge is 0.326 e. The Kier molecular flexibility index (Phi) is 5.28. The van der Waals surface area contributed by atoms with E-state index >= 15 is 0 Å². The van der Waals surface area contributed by atoms with Crippen LogP contribution in [0.15, 0.2) is 66.7 Å². The number of hydrogen-bond donors (Lipinski definition) is 1. The van der Waals surface area contributed by atoms with Gasteiger partial charge in [0.25, 0.3) is 5.69 Å². The molecule has 2 bridgehead atoms. The Balaban J connectivity index is 1.42. The van der Waals surface area contributed by atoms with Crippen LogP contribution in [0.1, 0.15) is 30.9 Å². The number of rotatable bonds is 6. The second-order valence-electron chi connectivity index (χ2n) is 8.87. The Hall–Kier alpha value is -3.81. The predicted octanol–water partition coefficient (Wildman–Crippen LogP) is 3.86. The minimum Gasteiger partial charge on any atom is -0.326 e. The summed E-state index contributed by atoms with van der Waals surface area (Å²) in [6.45, 7) is 0. The minimum absolute atomic E-state index is 0.0663. The molecule has 168 valence electrons. The van der Waals surface area contributed by atoms with Crippen LogP contribution in [0.5, 0.6) is 0 Å². The summed E-state index contributed by atoms with van der Waals surface area (Å²) >= 11 is 0. The highest BCUT2D eigenvalue weighted by Crippen LogP contribution is 2.51. The van der Waals surface area contributed by atoms with E-state index < -0.39 is 16.9 Å².